The molecule has 2 heteroatoms. The van der Waals surface area contributed by atoms with Gasteiger partial charge in [-0.3, -0.25) is 0 Å². The van der Waals surface area contributed by atoms with Gasteiger partial charge in [0.1, 0.15) is 0 Å². The fourth-order valence-electron chi connectivity index (χ4n) is 1.33. The van der Waals surface area contributed by atoms with Gasteiger partial charge in [0, 0.05) is 6.54 Å². The molecule has 1 saturated heterocycles. The van der Waals surface area contributed by atoms with Gasteiger partial charge in [0.25, 0.3) is 0 Å². The predicted octanol–water partition coefficient (Wildman–Crippen LogP) is 0.367. The van der Waals surface area contributed by atoms with Crippen LogP contribution in [0.1, 0.15) is 19.8 Å². The van der Waals surface area contributed by atoms with Crippen molar-refractivity contribution in [3.63, 3.8) is 0 Å². The average molecular weight is 129 g/mol. The third kappa shape index (κ3) is 1.66. The predicted molar refractivity (Wildman–Crippen MR) is 37.3 cm³/mol. The number of aliphatic hydroxyl groups excluding tert-OH is 1. The Labute approximate surface area is 56.3 Å². The first-order valence-electron chi connectivity index (χ1n) is 3.73. The lowest BCUT2D eigenvalue weighted by molar-refractivity contribution is 0.0771. The van der Waals surface area contributed by atoms with Gasteiger partial charge in [0.05, 0.1) is 6.10 Å². The molecule has 2 N–H and O–H groups in total. The van der Waals surface area contributed by atoms with Crippen LogP contribution >= 0.6 is 0 Å². The van der Waals surface area contributed by atoms with Crippen molar-refractivity contribution < 1.29 is 5.11 Å². The van der Waals surface area contributed by atoms with E-state index in [9.17, 15) is 5.11 Å². The number of rotatable bonds is 1. The van der Waals surface area contributed by atoms with E-state index in [0.717, 1.165) is 25.9 Å². The first-order chi connectivity index (χ1) is 4.34. The normalized spacial score (nSPS) is 36.7. The molecule has 0 unspecified atom stereocenters. The summed E-state index contributed by atoms with van der Waals surface area (Å²) in [6, 6.07) is 0. The zero-order valence-corrected chi connectivity index (χ0v) is 5.93. The van der Waals surface area contributed by atoms with Crippen LogP contribution in [0.5, 0.6) is 0 Å². The second-order valence-corrected chi connectivity index (χ2v) is 2.73. The fraction of sp³-hybridized carbons (Fsp3) is 1.00. The molecule has 9 heavy (non-hydrogen) atoms. The summed E-state index contributed by atoms with van der Waals surface area (Å²) >= 11 is 0. The average Bonchev–Trinajstić information content (AvgIpc) is 1.89. The number of hydrogen-bond donors (Lipinski definition) is 2. The summed E-state index contributed by atoms with van der Waals surface area (Å²) in [4.78, 5) is 0. The Morgan fingerprint density at radius 1 is 1.67 bits per heavy atom. The van der Waals surface area contributed by atoms with Gasteiger partial charge in [-0.25, -0.2) is 0 Å². The molecule has 0 aromatic carbocycles. The van der Waals surface area contributed by atoms with Crippen molar-refractivity contribution in [2.45, 2.75) is 25.9 Å². The Morgan fingerprint density at radius 3 is 2.89 bits per heavy atom. The number of nitrogens with one attached hydrogen (secondary N) is 1. The van der Waals surface area contributed by atoms with Crippen LogP contribution in [0.3, 0.4) is 0 Å². The summed E-state index contributed by atoms with van der Waals surface area (Å²) in [5.41, 5.74) is 0. The summed E-state index contributed by atoms with van der Waals surface area (Å²) < 4.78 is 0. The van der Waals surface area contributed by atoms with E-state index in [-0.39, 0.29) is 6.10 Å². The maximum atomic E-state index is 9.33. The second-order valence-electron chi connectivity index (χ2n) is 2.73. The molecule has 1 aliphatic heterocycles. The van der Waals surface area contributed by atoms with E-state index < -0.39 is 0 Å². The van der Waals surface area contributed by atoms with Crippen LogP contribution in [0, 0.1) is 5.92 Å². The minimum absolute atomic E-state index is 0.0451. The van der Waals surface area contributed by atoms with Crippen molar-refractivity contribution in [1.29, 1.82) is 0 Å². The van der Waals surface area contributed by atoms with Gasteiger partial charge in [-0.1, -0.05) is 6.92 Å². The van der Waals surface area contributed by atoms with Gasteiger partial charge in [0.15, 0.2) is 0 Å². The number of aliphatic hydroxyl groups is 1. The van der Waals surface area contributed by atoms with E-state index in [1.165, 1.54) is 0 Å². The van der Waals surface area contributed by atoms with E-state index in [1.54, 1.807) is 0 Å². The van der Waals surface area contributed by atoms with Crippen LogP contribution in [0.2, 0.25) is 0 Å². The molecule has 2 nitrogen and oxygen atoms in total. The smallest absolute Gasteiger partial charge is 0.0592 e. The summed E-state index contributed by atoms with van der Waals surface area (Å²) in [5, 5.41) is 12.6. The van der Waals surface area contributed by atoms with Gasteiger partial charge in [-0.2, -0.15) is 0 Å². The summed E-state index contributed by atoms with van der Waals surface area (Å²) in [6.07, 6.45) is 1.98. The van der Waals surface area contributed by atoms with E-state index in [2.05, 4.69) is 12.2 Å². The first kappa shape index (κ1) is 7.03. The fourth-order valence-corrected chi connectivity index (χ4v) is 1.33. The Hall–Kier alpha value is -0.0800. The van der Waals surface area contributed by atoms with Crippen LogP contribution in [0.4, 0.5) is 0 Å². The lowest BCUT2D eigenvalue weighted by atomic mass is 9.94. The standard InChI is InChI=1S/C7H15NO/c1-2-6-5-8-4-3-7(6)9/h6-9H,2-5H2,1H3/t6-,7-/m0/s1. The van der Waals surface area contributed by atoms with E-state index in [0.29, 0.717) is 5.92 Å². The first-order valence-corrected chi connectivity index (χ1v) is 3.73. The molecule has 0 bridgehead atoms. The molecule has 1 heterocycles. The number of hydrogen-bond acceptors (Lipinski definition) is 2. The SMILES string of the molecule is CC[C@H]1CNCC[C@@H]1O. The molecule has 1 aliphatic rings. The van der Waals surface area contributed by atoms with Crippen LogP contribution in [-0.2, 0) is 0 Å². The van der Waals surface area contributed by atoms with Crippen LogP contribution in [0.25, 0.3) is 0 Å². The van der Waals surface area contributed by atoms with Crippen LogP contribution in [-0.4, -0.2) is 24.3 Å². The minimum atomic E-state index is -0.0451. The molecule has 0 radical (unpaired) electrons. The van der Waals surface area contributed by atoms with Gasteiger partial charge >= 0.3 is 0 Å². The van der Waals surface area contributed by atoms with E-state index in [1.807, 2.05) is 0 Å². The molecular weight excluding hydrogens is 114 g/mol. The molecule has 0 amide bonds. The van der Waals surface area contributed by atoms with Crippen molar-refractivity contribution >= 4 is 0 Å². The molecule has 2 atom stereocenters. The van der Waals surface area contributed by atoms with E-state index >= 15 is 0 Å². The molecule has 0 aromatic heterocycles. The van der Waals surface area contributed by atoms with Crippen LogP contribution < -0.4 is 5.32 Å². The Balaban J connectivity index is 2.30. The largest absolute Gasteiger partial charge is 0.393 e. The summed E-state index contributed by atoms with van der Waals surface area (Å²) in [6.45, 7) is 4.11. The van der Waals surface area contributed by atoms with Gasteiger partial charge < -0.3 is 10.4 Å². The molecule has 0 saturated carbocycles. The Kier molecular flexibility index (Phi) is 2.49. The number of piperidine rings is 1. The van der Waals surface area contributed by atoms with E-state index in [4.69, 9.17) is 0 Å². The second kappa shape index (κ2) is 3.18. The summed E-state index contributed by atoms with van der Waals surface area (Å²) in [7, 11) is 0. The van der Waals surface area contributed by atoms with Crippen molar-refractivity contribution in [1.82, 2.24) is 5.32 Å². The van der Waals surface area contributed by atoms with Gasteiger partial charge in [0.2, 0.25) is 0 Å². The zero-order valence-electron chi connectivity index (χ0n) is 5.93. The molecule has 54 valence electrons. The third-order valence-electron chi connectivity index (χ3n) is 2.09. The quantitative estimate of drug-likeness (QED) is 0.536. The topological polar surface area (TPSA) is 32.3 Å². The molecule has 0 aromatic rings. The van der Waals surface area contributed by atoms with Crippen molar-refractivity contribution in [2.75, 3.05) is 13.1 Å². The lowest BCUT2D eigenvalue weighted by Gasteiger charge is -2.26. The highest BCUT2D eigenvalue weighted by Gasteiger charge is 2.19. The maximum Gasteiger partial charge on any atom is 0.0592 e. The molecule has 1 rings (SSSR count). The molecule has 0 aliphatic carbocycles. The maximum absolute atomic E-state index is 9.33. The lowest BCUT2D eigenvalue weighted by Crippen LogP contribution is -2.39. The molecule has 1 fully saturated rings. The van der Waals surface area contributed by atoms with Crippen LogP contribution in [0.15, 0.2) is 0 Å². The highest BCUT2D eigenvalue weighted by molar-refractivity contribution is 4.75. The van der Waals surface area contributed by atoms with Crippen molar-refractivity contribution in [3.8, 4) is 0 Å². The highest BCUT2D eigenvalue weighted by Crippen LogP contribution is 2.13. The summed E-state index contributed by atoms with van der Waals surface area (Å²) in [5.74, 6) is 0.499. The Bertz CT molecular complexity index is 85.0. The monoisotopic (exact) mass is 129 g/mol. The minimum Gasteiger partial charge on any atom is -0.393 e. The Morgan fingerprint density at radius 2 is 2.44 bits per heavy atom. The van der Waals surface area contributed by atoms with Gasteiger partial charge in [-0.15, -0.1) is 0 Å². The zero-order chi connectivity index (χ0) is 6.69. The van der Waals surface area contributed by atoms with Crippen molar-refractivity contribution in [3.05, 3.63) is 0 Å². The molecule has 0 spiro atoms. The highest BCUT2D eigenvalue weighted by atomic mass is 16.3. The van der Waals surface area contributed by atoms with Gasteiger partial charge in [-0.05, 0) is 25.3 Å². The molecular formula is C7H15NO. The van der Waals surface area contributed by atoms with Crippen molar-refractivity contribution in [2.24, 2.45) is 5.92 Å². The third-order valence-corrected chi connectivity index (χ3v) is 2.09.